The van der Waals surface area contributed by atoms with Gasteiger partial charge in [-0.2, -0.15) is 0 Å². The molecule has 1 unspecified atom stereocenters. The van der Waals surface area contributed by atoms with Crippen LogP contribution >= 0.6 is 0 Å². The minimum Gasteiger partial charge on any atom is -0.480 e. The molecule has 0 heterocycles. The Morgan fingerprint density at radius 3 is 2.35 bits per heavy atom. The highest BCUT2D eigenvalue weighted by atomic mass is 16.4. The normalized spacial score (nSPS) is 23.9. The van der Waals surface area contributed by atoms with Crippen molar-refractivity contribution >= 4 is 12.0 Å². The van der Waals surface area contributed by atoms with Crippen molar-refractivity contribution in [3.05, 3.63) is 0 Å². The topological polar surface area (TPSA) is 78.4 Å². The SMILES string of the molecule is CCC1(CNC(=O)NC(C)(C(=O)O)C2CC2)CCCC1. The molecule has 2 aliphatic rings. The molecule has 2 rings (SSSR count). The zero-order valence-corrected chi connectivity index (χ0v) is 12.5. The van der Waals surface area contributed by atoms with Gasteiger partial charge in [-0.05, 0) is 50.4 Å². The van der Waals surface area contributed by atoms with Gasteiger partial charge in [-0.3, -0.25) is 0 Å². The molecule has 3 N–H and O–H groups in total. The second-order valence-corrected chi connectivity index (χ2v) is 6.65. The largest absolute Gasteiger partial charge is 0.480 e. The van der Waals surface area contributed by atoms with E-state index in [0.29, 0.717) is 6.54 Å². The molecule has 0 radical (unpaired) electrons. The first-order valence-corrected chi connectivity index (χ1v) is 7.71. The van der Waals surface area contributed by atoms with Gasteiger partial charge in [0.05, 0.1) is 0 Å². The quantitative estimate of drug-likeness (QED) is 0.700. The Morgan fingerprint density at radius 2 is 1.90 bits per heavy atom. The average molecular weight is 282 g/mol. The first-order chi connectivity index (χ1) is 9.42. The molecule has 0 aliphatic heterocycles. The number of hydrogen-bond acceptors (Lipinski definition) is 2. The first-order valence-electron chi connectivity index (χ1n) is 7.71. The predicted octanol–water partition coefficient (Wildman–Crippen LogP) is 2.51. The van der Waals surface area contributed by atoms with E-state index in [1.54, 1.807) is 6.92 Å². The van der Waals surface area contributed by atoms with Crippen LogP contribution in [0.5, 0.6) is 0 Å². The third-order valence-electron chi connectivity index (χ3n) is 5.25. The molecule has 20 heavy (non-hydrogen) atoms. The number of amides is 2. The molecule has 0 spiro atoms. The minimum absolute atomic E-state index is 0.0670. The fourth-order valence-electron chi connectivity index (χ4n) is 3.32. The molecule has 114 valence electrons. The Bertz CT molecular complexity index is 387. The van der Waals surface area contributed by atoms with Crippen molar-refractivity contribution in [2.75, 3.05) is 6.54 Å². The van der Waals surface area contributed by atoms with Crippen LogP contribution in [-0.4, -0.2) is 29.2 Å². The van der Waals surface area contributed by atoms with Crippen molar-refractivity contribution < 1.29 is 14.7 Å². The van der Waals surface area contributed by atoms with E-state index >= 15 is 0 Å². The maximum Gasteiger partial charge on any atom is 0.329 e. The van der Waals surface area contributed by atoms with Crippen LogP contribution in [0.1, 0.15) is 58.8 Å². The maximum atomic E-state index is 12.0. The predicted molar refractivity (Wildman–Crippen MR) is 76.5 cm³/mol. The van der Waals surface area contributed by atoms with Crippen LogP contribution in [0.3, 0.4) is 0 Å². The molecule has 0 aromatic carbocycles. The highest BCUT2D eigenvalue weighted by molar-refractivity contribution is 5.86. The van der Waals surface area contributed by atoms with E-state index < -0.39 is 11.5 Å². The second-order valence-electron chi connectivity index (χ2n) is 6.65. The average Bonchev–Trinajstić information content (AvgIpc) is 3.16. The standard InChI is InChI=1S/C15H26N2O3/c1-3-15(8-4-5-9-15)10-16-13(20)17-14(2,12(18)19)11-6-7-11/h11H,3-10H2,1-2H3,(H,18,19)(H2,16,17,20). The zero-order valence-electron chi connectivity index (χ0n) is 12.5. The van der Waals surface area contributed by atoms with Crippen LogP contribution < -0.4 is 10.6 Å². The van der Waals surface area contributed by atoms with Gasteiger partial charge in [0.15, 0.2) is 0 Å². The summed E-state index contributed by atoms with van der Waals surface area (Å²) < 4.78 is 0. The van der Waals surface area contributed by atoms with E-state index in [2.05, 4.69) is 17.6 Å². The van der Waals surface area contributed by atoms with Crippen LogP contribution in [0.2, 0.25) is 0 Å². The van der Waals surface area contributed by atoms with E-state index in [9.17, 15) is 14.7 Å². The van der Waals surface area contributed by atoms with Crippen LogP contribution in [0.4, 0.5) is 4.79 Å². The van der Waals surface area contributed by atoms with Crippen LogP contribution in [0, 0.1) is 11.3 Å². The Labute approximate surface area is 120 Å². The summed E-state index contributed by atoms with van der Waals surface area (Å²) >= 11 is 0. The van der Waals surface area contributed by atoms with Crippen molar-refractivity contribution in [2.45, 2.75) is 64.3 Å². The smallest absolute Gasteiger partial charge is 0.329 e. The highest BCUT2D eigenvalue weighted by Gasteiger charge is 2.48. The summed E-state index contributed by atoms with van der Waals surface area (Å²) in [5, 5.41) is 14.9. The first kappa shape index (κ1) is 15.1. The molecule has 1 atom stereocenters. The number of carboxylic acids is 1. The maximum absolute atomic E-state index is 12.0. The molecule has 5 heteroatoms. The molecule has 0 saturated heterocycles. The molecule has 2 fully saturated rings. The van der Waals surface area contributed by atoms with Gasteiger partial charge in [-0.15, -0.1) is 0 Å². The molecule has 0 bridgehead atoms. The van der Waals surface area contributed by atoms with Gasteiger partial charge in [0.2, 0.25) is 0 Å². The highest BCUT2D eigenvalue weighted by Crippen LogP contribution is 2.41. The van der Waals surface area contributed by atoms with Crippen molar-refractivity contribution in [2.24, 2.45) is 11.3 Å². The van der Waals surface area contributed by atoms with Crippen LogP contribution in [-0.2, 0) is 4.79 Å². The van der Waals surface area contributed by atoms with Crippen molar-refractivity contribution in [3.63, 3.8) is 0 Å². The molecule has 2 saturated carbocycles. The van der Waals surface area contributed by atoms with E-state index in [-0.39, 0.29) is 17.4 Å². The van der Waals surface area contributed by atoms with Gasteiger partial charge in [-0.1, -0.05) is 19.8 Å². The molecule has 0 aromatic heterocycles. The van der Waals surface area contributed by atoms with Gasteiger partial charge >= 0.3 is 12.0 Å². The lowest BCUT2D eigenvalue weighted by atomic mass is 9.83. The number of nitrogens with one attached hydrogen (secondary N) is 2. The lowest BCUT2D eigenvalue weighted by Crippen LogP contribution is -2.57. The van der Waals surface area contributed by atoms with Gasteiger partial charge in [0, 0.05) is 6.54 Å². The zero-order chi connectivity index (χ0) is 14.8. The van der Waals surface area contributed by atoms with Gasteiger partial charge in [-0.25, -0.2) is 9.59 Å². The molecule has 5 nitrogen and oxygen atoms in total. The third-order valence-corrected chi connectivity index (χ3v) is 5.25. The van der Waals surface area contributed by atoms with E-state index in [0.717, 1.165) is 32.1 Å². The second kappa shape index (κ2) is 5.62. The fourth-order valence-corrected chi connectivity index (χ4v) is 3.32. The number of hydrogen-bond donors (Lipinski definition) is 3. The molecule has 2 aliphatic carbocycles. The number of rotatable bonds is 6. The lowest BCUT2D eigenvalue weighted by molar-refractivity contribution is -0.144. The molecular weight excluding hydrogens is 256 g/mol. The van der Waals surface area contributed by atoms with Crippen molar-refractivity contribution in [1.82, 2.24) is 10.6 Å². The summed E-state index contributed by atoms with van der Waals surface area (Å²) in [5.74, 6) is -0.876. The van der Waals surface area contributed by atoms with E-state index in [1.165, 1.54) is 12.8 Å². The number of carboxylic acid groups (broad SMARTS) is 1. The summed E-state index contributed by atoms with van der Waals surface area (Å²) in [6, 6.07) is -0.346. The number of urea groups is 1. The molecular formula is C15H26N2O3. The summed E-state index contributed by atoms with van der Waals surface area (Å²) in [6.07, 6.45) is 7.58. The molecule has 2 amide bonds. The summed E-state index contributed by atoms with van der Waals surface area (Å²) in [4.78, 5) is 23.4. The van der Waals surface area contributed by atoms with Crippen molar-refractivity contribution in [1.29, 1.82) is 0 Å². The Kier molecular flexibility index (Phi) is 4.25. The summed E-state index contributed by atoms with van der Waals surface area (Å²) in [6.45, 7) is 4.42. The lowest BCUT2D eigenvalue weighted by Gasteiger charge is -2.30. The minimum atomic E-state index is -1.13. The number of aliphatic carboxylic acids is 1. The Balaban J connectivity index is 1.87. The Hall–Kier alpha value is -1.26. The Morgan fingerprint density at radius 1 is 1.30 bits per heavy atom. The fraction of sp³-hybridized carbons (Fsp3) is 0.867. The van der Waals surface area contributed by atoms with Crippen LogP contribution in [0.25, 0.3) is 0 Å². The van der Waals surface area contributed by atoms with Gasteiger partial charge in [0.25, 0.3) is 0 Å². The van der Waals surface area contributed by atoms with E-state index in [4.69, 9.17) is 0 Å². The summed E-state index contributed by atoms with van der Waals surface area (Å²) in [7, 11) is 0. The monoisotopic (exact) mass is 282 g/mol. The van der Waals surface area contributed by atoms with Crippen LogP contribution in [0.15, 0.2) is 0 Å². The van der Waals surface area contributed by atoms with Gasteiger partial charge in [0.1, 0.15) is 5.54 Å². The number of carbonyl (C=O) groups excluding carboxylic acids is 1. The third kappa shape index (κ3) is 3.07. The van der Waals surface area contributed by atoms with Crippen molar-refractivity contribution in [3.8, 4) is 0 Å². The van der Waals surface area contributed by atoms with E-state index in [1.807, 2.05) is 0 Å². The number of carbonyl (C=O) groups is 2. The summed E-state index contributed by atoms with van der Waals surface area (Å²) in [5.41, 5.74) is -0.907. The van der Waals surface area contributed by atoms with Gasteiger partial charge < -0.3 is 15.7 Å². The molecule has 0 aromatic rings.